The summed E-state index contributed by atoms with van der Waals surface area (Å²) < 4.78 is 34.2. The molecule has 0 aliphatic heterocycles. The number of carboxylic acids is 1. The summed E-state index contributed by atoms with van der Waals surface area (Å²) in [6.45, 7) is 3.04. The van der Waals surface area contributed by atoms with Crippen molar-refractivity contribution in [2.45, 2.75) is 57.4 Å². The predicted octanol–water partition coefficient (Wildman–Crippen LogP) is 7.16. The molecular weight excluding hydrogens is 564 g/mol. The fourth-order valence-corrected chi connectivity index (χ4v) is 5.44. The van der Waals surface area contributed by atoms with E-state index in [2.05, 4.69) is 10.3 Å². The minimum absolute atomic E-state index is 0.0189. The number of rotatable bonds is 11. The zero-order valence-corrected chi connectivity index (χ0v) is 24.8. The van der Waals surface area contributed by atoms with Crippen molar-refractivity contribution in [1.29, 1.82) is 0 Å². The van der Waals surface area contributed by atoms with Crippen molar-refractivity contribution in [3.8, 4) is 28.1 Å². The Balaban J connectivity index is 1.80. The van der Waals surface area contributed by atoms with Gasteiger partial charge in [0.15, 0.2) is 0 Å². The molecule has 0 spiro atoms. The Morgan fingerprint density at radius 3 is 2.48 bits per heavy atom. The van der Waals surface area contributed by atoms with E-state index in [0.29, 0.717) is 54.2 Å². The Bertz CT molecular complexity index is 1440. The van der Waals surface area contributed by atoms with Gasteiger partial charge in [0.25, 0.3) is 12.3 Å². The first-order valence-electron chi connectivity index (χ1n) is 14.0. The van der Waals surface area contributed by atoms with E-state index >= 15 is 0 Å². The number of aromatic nitrogens is 1. The molecular formula is C32H36ClF2N3O4. The van der Waals surface area contributed by atoms with Crippen molar-refractivity contribution in [2.75, 3.05) is 27.2 Å². The van der Waals surface area contributed by atoms with Gasteiger partial charge in [-0.05, 0) is 70.1 Å². The molecule has 1 fully saturated rings. The van der Waals surface area contributed by atoms with Gasteiger partial charge in [0, 0.05) is 23.2 Å². The van der Waals surface area contributed by atoms with Crippen molar-refractivity contribution >= 4 is 23.5 Å². The normalized spacial score (nSPS) is 14.7. The van der Waals surface area contributed by atoms with E-state index in [4.69, 9.17) is 16.3 Å². The zero-order valence-electron chi connectivity index (χ0n) is 24.1. The number of halogens is 3. The van der Waals surface area contributed by atoms with Crippen LogP contribution in [-0.2, 0) is 4.79 Å². The van der Waals surface area contributed by atoms with Crippen molar-refractivity contribution in [3.63, 3.8) is 0 Å². The highest BCUT2D eigenvalue weighted by Crippen LogP contribution is 2.39. The molecule has 1 saturated carbocycles. The number of aryl methyl sites for hydroxylation is 1. The van der Waals surface area contributed by atoms with Crippen LogP contribution in [0.5, 0.6) is 5.75 Å². The lowest BCUT2D eigenvalue weighted by atomic mass is 9.81. The van der Waals surface area contributed by atoms with Crippen LogP contribution in [0.25, 0.3) is 22.4 Å². The van der Waals surface area contributed by atoms with E-state index in [0.717, 1.165) is 24.9 Å². The molecule has 2 N–H and O–H groups in total. The summed E-state index contributed by atoms with van der Waals surface area (Å²) in [7, 11) is 3.94. The standard InChI is InChI=1S/C32H36ClF2N3O4/c1-20-8-10-23(29(34)35)24(18-20)22-11-13-26(30(39)37-32(31(40)41)14-5-4-6-15-32)36-28(22)21-9-12-25(33)27(19-21)42-17-7-16-38(2)3/h8-13,18-19,29H,4-7,14-17H2,1-3H3,(H,37,39)(H,40,41). The molecule has 0 bridgehead atoms. The van der Waals surface area contributed by atoms with Crippen molar-refractivity contribution in [3.05, 3.63) is 70.4 Å². The van der Waals surface area contributed by atoms with E-state index in [1.165, 1.54) is 12.1 Å². The third-order valence-electron chi connectivity index (χ3n) is 7.54. The van der Waals surface area contributed by atoms with Crippen molar-refractivity contribution < 1.29 is 28.2 Å². The maximum Gasteiger partial charge on any atom is 0.329 e. The van der Waals surface area contributed by atoms with Crippen LogP contribution in [0.4, 0.5) is 8.78 Å². The number of carbonyl (C=O) groups excluding carboxylic acids is 1. The van der Waals surface area contributed by atoms with Crippen LogP contribution in [0.2, 0.25) is 5.02 Å². The molecule has 224 valence electrons. The summed E-state index contributed by atoms with van der Waals surface area (Å²) in [4.78, 5) is 32.3. The highest BCUT2D eigenvalue weighted by atomic mass is 35.5. The second-order valence-electron chi connectivity index (χ2n) is 11.0. The Labute approximate surface area is 249 Å². The van der Waals surface area contributed by atoms with Gasteiger partial charge >= 0.3 is 5.97 Å². The van der Waals surface area contributed by atoms with Crippen molar-refractivity contribution in [2.24, 2.45) is 0 Å². The number of carboxylic acid groups (broad SMARTS) is 1. The minimum atomic E-state index is -2.74. The maximum atomic E-state index is 14.1. The Morgan fingerprint density at radius 2 is 1.81 bits per heavy atom. The number of nitrogens with zero attached hydrogens (tertiary/aromatic N) is 2. The Hall–Kier alpha value is -3.56. The topological polar surface area (TPSA) is 91.8 Å². The Kier molecular flexibility index (Phi) is 10.2. The first-order chi connectivity index (χ1) is 20.0. The van der Waals surface area contributed by atoms with Crippen molar-refractivity contribution in [1.82, 2.24) is 15.2 Å². The van der Waals surface area contributed by atoms with Gasteiger partial charge in [-0.25, -0.2) is 18.6 Å². The summed E-state index contributed by atoms with van der Waals surface area (Å²) in [5.41, 5.74) is 0.704. The lowest BCUT2D eigenvalue weighted by Crippen LogP contribution is -2.55. The van der Waals surface area contributed by atoms with E-state index in [-0.39, 0.29) is 22.5 Å². The molecule has 7 nitrogen and oxygen atoms in total. The fourth-order valence-electron chi connectivity index (χ4n) is 5.27. The number of nitrogens with one attached hydrogen (secondary N) is 1. The second kappa shape index (κ2) is 13.6. The molecule has 1 aromatic heterocycles. The molecule has 0 saturated heterocycles. The van der Waals surface area contributed by atoms with E-state index in [1.807, 2.05) is 25.9 Å². The van der Waals surface area contributed by atoms with Gasteiger partial charge in [-0.1, -0.05) is 60.7 Å². The van der Waals surface area contributed by atoms with Gasteiger partial charge in [0.1, 0.15) is 17.0 Å². The molecule has 10 heteroatoms. The maximum absolute atomic E-state index is 14.1. The quantitative estimate of drug-likeness (QED) is 0.227. The number of benzene rings is 2. The molecule has 1 aliphatic rings. The van der Waals surface area contributed by atoms with E-state index in [9.17, 15) is 23.5 Å². The minimum Gasteiger partial charge on any atom is -0.492 e. The largest absolute Gasteiger partial charge is 0.492 e. The van der Waals surface area contributed by atoms with Gasteiger partial charge in [-0.15, -0.1) is 0 Å². The molecule has 0 radical (unpaired) electrons. The molecule has 3 aromatic rings. The molecule has 42 heavy (non-hydrogen) atoms. The molecule has 2 aromatic carbocycles. The van der Waals surface area contributed by atoms with Crippen LogP contribution in [0.3, 0.4) is 0 Å². The smallest absolute Gasteiger partial charge is 0.329 e. The predicted molar refractivity (Wildman–Crippen MR) is 159 cm³/mol. The number of alkyl halides is 2. The summed E-state index contributed by atoms with van der Waals surface area (Å²) >= 11 is 6.43. The summed E-state index contributed by atoms with van der Waals surface area (Å²) in [5, 5.41) is 13.1. The van der Waals surface area contributed by atoms with Crippen LogP contribution in [0, 0.1) is 6.92 Å². The lowest BCUT2D eigenvalue weighted by molar-refractivity contribution is -0.145. The van der Waals surface area contributed by atoms with Crippen LogP contribution < -0.4 is 10.1 Å². The van der Waals surface area contributed by atoms with Gasteiger partial charge in [-0.2, -0.15) is 0 Å². The average Bonchev–Trinajstić information content (AvgIpc) is 2.96. The monoisotopic (exact) mass is 599 g/mol. The highest BCUT2D eigenvalue weighted by Gasteiger charge is 2.41. The molecule has 1 heterocycles. The molecule has 4 rings (SSSR count). The molecule has 0 atom stereocenters. The number of hydrogen-bond donors (Lipinski definition) is 2. The van der Waals surface area contributed by atoms with Gasteiger partial charge < -0.3 is 20.1 Å². The van der Waals surface area contributed by atoms with Gasteiger partial charge in [0.2, 0.25) is 0 Å². The lowest BCUT2D eigenvalue weighted by Gasteiger charge is -2.33. The fraction of sp³-hybridized carbons (Fsp3) is 0.406. The second-order valence-corrected chi connectivity index (χ2v) is 11.4. The number of amides is 1. The molecule has 0 unspecified atom stereocenters. The first-order valence-corrected chi connectivity index (χ1v) is 14.4. The summed E-state index contributed by atoms with van der Waals surface area (Å²) in [6.07, 6.45) is 0.961. The number of hydrogen-bond acceptors (Lipinski definition) is 5. The van der Waals surface area contributed by atoms with Gasteiger partial charge in [-0.3, -0.25) is 4.79 Å². The third-order valence-corrected chi connectivity index (χ3v) is 7.86. The summed E-state index contributed by atoms with van der Waals surface area (Å²) in [6, 6.07) is 12.7. The molecule has 1 aliphatic carbocycles. The van der Waals surface area contributed by atoms with Crippen LogP contribution in [0.1, 0.15) is 66.6 Å². The Morgan fingerprint density at radius 1 is 1.07 bits per heavy atom. The van der Waals surface area contributed by atoms with Crippen LogP contribution >= 0.6 is 11.6 Å². The van der Waals surface area contributed by atoms with Crippen LogP contribution in [-0.4, -0.2) is 59.7 Å². The SMILES string of the molecule is Cc1ccc(C(F)F)c(-c2ccc(C(=O)NC3(C(=O)O)CCCCC3)nc2-c2ccc(Cl)c(OCCCN(C)C)c2)c1. The average molecular weight is 600 g/mol. The highest BCUT2D eigenvalue weighted by molar-refractivity contribution is 6.32. The number of carbonyl (C=O) groups is 2. The molecule has 1 amide bonds. The zero-order chi connectivity index (χ0) is 30.4. The summed E-state index contributed by atoms with van der Waals surface area (Å²) in [5.74, 6) is -1.32. The van der Waals surface area contributed by atoms with E-state index < -0.39 is 23.8 Å². The van der Waals surface area contributed by atoms with Gasteiger partial charge in [0.05, 0.1) is 17.3 Å². The van der Waals surface area contributed by atoms with E-state index in [1.54, 1.807) is 36.4 Å². The van der Waals surface area contributed by atoms with Crippen LogP contribution in [0.15, 0.2) is 48.5 Å². The number of ether oxygens (including phenoxy) is 1. The third kappa shape index (κ3) is 7.25. The first kappa shape index (κ1) is 31.4. The number of aliphatic carboxylic acids is 1. The number of pyridine rings is 1.